The highest BCUT2D eigenvalue weighted by Gasteiger charge is 2.28. The van der Waals surface area contributed by atoms with Crippen LogP contribution in [-0.4, -0.2) is 36.9 Å². The molecule has 0 spiro atoms. The maximum Gasteiger partial charge on any atom is 0.408 e. The van der Waals surface area contributed by atoms with Gasteiger partial charge in [0, 0.05) is 7.11 Å². The number of nitrogens with zero attached hydrogens (tertiary/aromatic N) is 1. The van der Waals surface area contributed by atoms with Crippen LogP contribution in [0.3, 0.4) is 0 Å². The fourth-order valence-electron chi connectivity index (χ4n) is 1.94. The van der Waals surface area contributed by atoms with Crippen LogP contribution in [0, 0.1) is 5.92 Å². The summed E-state index contributed by atoms with van der Waals surface area (Å²) in [4.78, 5) is 29.0. The van der Waals surface area contributed by atoms with Gasteiger partial charge in [0.05, 0.1) is 24.6 Å². The molecule has 7 nitrogen and oxygen atoms in total. The number of methoxy groups -OCH3 is 2. The topological polar surface area (TPSA) is 86.8 Å². The first-order valence-electron chi connectivity index (χ1n) is 7.65. The minimum absolute atomic E-state index is 0.0598. The summed E-state index contributed by atoms with van der Waals surface area (Å²) in [7, 11) is 2.84. The third-order valence-electron chi connectivity index (χ3n) is 2.97. The van der Waals surface area contributed by atoms with Crippen molar-refractivity contribution >= 4 is 23.4 Å². The lowest BCUT2D eigenvalue weighted by molar-refractivity contribution is 0.0489. The smallest absolute Gasteiger partial charge is 0.408 e. The lowest BCUT2D eigenvalue weighted by atomic mass is 10.1. The van der Waals surface area contributed by atoms with Gasteiger partial charge in [-0.25, -0.2) is 14.6 Å². The summed E-state index contributed by atoms with van der Waals surface area (Å²) >= 11 is 1.32. The number of hydrogen-bond donors (Lipinski definition) is 1. The largest absolute Gasteiger partial charge is 0.464 e. The molecule has 1 rings (SSSR count). The molecule has 1 heterocycles. The van der Waals surface area contributed by atoms with Gasteiger partial charge in [-0.05, 0) is 26.7 Å². The van der Waals surface area contributed by atoms with Crippen LogP contribution in [0.25, 0.3) is 0 Å². The van der Waals surface area contributed by atoms with Gasteiger partial charge in [-0.2, -0.15) is 0 Å². The average Bonchev–Trinajstić information content (AvgIpc) is 2.85. The van der Waals surface area contributed by atoms with E-state index in [0.717, 1.165) is 0 Å². The third kappa shape index (κ3) is 5.76. The van der Waals surface area contributed by atoms with Crippen LogP contribution in [-0.2, 0) is 20.8 Å². The van der Waals surface area contributed by atoms with E-state index in [1.807, 2.05) is 13.8 Å². The number of aromatic nitrogens is 1. The van der Waals surface area contributed by atoms with Gasteiger partial charge in [-0.1, -0.05) is 13.8 Å². The lowest BCUT2D eigenvalue weighted by Gasteiger charge is -2.24. The fraction of sp³-hybridized carbons (Fsp3) is 0.688. The van der Waals surface area contributed by atoms with Gasteiger partial charge < -0.3 is 19.5 Å². The van der Waals surface area contributed by atoms with Crippen LogP contribution in [0.4, 0.5) is 4.79 Å². The Bertz CT molecular complexity index is 578. The molecule has 1 N–H and O–H groups in total. The van der Waals surface area contributed by atoms with Crippen molar-refractivity contribution in [1.29, 1.82) is 0 Å². The van der Waals surface area contributed by atoms with E-state index < -0.39 is 17.7 Å². The number of esters is 1. The highest BCUT2D eigenvalue weighted by atomic mass is 32.1. The molecule has 1 atom stereocenters. The Balaban J connectivity index is 3.08. The molecule has 0 saturated carbocycles. The van der Waals surface area contributed by atoms with E-state index in [1.54, 1.807) is 27.9 Å². The minimum Gasteiger partial charge on any atom is -0.464 e. The van der Waals surface area contributed by atoms with Crippen molar-refractivity contribution in [3.63, 3.8) is 0 Å². The molecule has 0 bridgehead atoms. The van der Waals surface area contributed by atoms with Crippen LogP contribution >= 0.6 is 11.3 Å². The molecule has 0 aliphatic rings. The number of carbonyl (C=O) groups is 2. The van der Waals surface area contributed by atoms with E-state index in [-0.39, 0.29) is 24.3 Å². The number of rotatable bonds is 6. The van der Waals surface area contributed by atoms with Crippen LogP contribution < -0.4 is 5.32 Å². The summed E-state index contributed by atoms with van der Waals surface area (Å²) < 4.78 is 15.2. The fourth-order valence-corrected chi connectivity index (χ4v) is 3.19. The summed E-state index contributed by atoms with van der Waals surface area (Å²) in [6.45, 7) is 9.55. The molecule has 0 aromatic carbocycles. The van der Waals surface area contributed by atoms with Crippen molar-refractivity contribution in [2.45, 2.75) is 52.9 Å². The molecule has 0 aliphatic carbocycles. The maximum absolute atomic E-state index is 12.1. The summed E-state index contributed by atoms with van der Waals surface area (Å²) in [6, 6.07) is -0.376. The maximum atomic E-state index is 12.1. The second kappa shape index (κ2) is 8.43. The standard InChI is InChI=1S/C16H26N2O5S/c1-9(2)11(18-15(20)23-16(3,4)5)13-17-12(14(19)22-7)10(24-13)8-21-6/h9,11H,8H2,1-7H3,(H,18,20)/t11-/m0/s1. The number of nitrogens with one attached hydrogen (secondary N) is 1. The Morgan fingerprint density at radius 1 is 1.25 bits per heavy atom. The van der Waals surface area contributed by atoms with E-state index in [2.05, 4.69) is 10.3 Å². The van der Waals surface area contributed by atoms with Gasteiger partial charge in [0.15, 0.2) is 5.69 Å². The third-order valence-corrected chi connectivity index (χ3v) is 4.08. The quantitative estimate of drug-likeness (QED) is 0.785. The van der Waals surface area contributed by atoms with E-state index in [0.29, 0.717) is 9.88 Å². The van der Waals surface area contributed by atoms with Crippen LogP contribution in [0.1, 0.15) is 61.0 Å². The molecule has 1 aromatic heterocycles. The molecule has 24 heavy (non-hydrogen) atoms. The van der Waals surface area contributed by atoms with Crippen LogP contribution in [0.15, 0.2) is 0 Å². The molecule has 8 heteroatoms. The highest BCUT2D eigenvalue weighted by molar-refractivity contribution is 7.12. The first kappa shape index (κ1) is 20.4. The van der Waals surface area contributed by atoms with Crippen molar-refractivity contribution in [3.05, 3.63) is 15.6 Å². The molecule has 1 aromatic rings. The molecular formula is C16H26N2O5S. The summed E-state index contributed by atoms with van der Waals surface area (Å²) in [5.74, 6) is -0.464. The molecule has 1 amide bonds. The number of carbonyl (C=O) groups excluding carboxylic acids is 2. The zero-order valence-electron chi connectivity index (χ0n) is 15.3. The van der Waals surface area contributed by atoms with E-state index in [1.165, 1.54) is 18.4 Å². The Labute approximate surface area is 146 Å². The van der Waals surface area contributed by atoms with Gasteiger partial charge in [0.25, 0.3) is 0 Å². The van der Waals surface area contributed by atoms with Crippen molar-refractivity contribution in [2.24, 2.45) is 5.92 Å². The monoisotopic (exact) mass is 358 g/mol. The Kier molecular flexibility index (Phi) is 7.16. The first-order valence-corrected chi connectivity index (χ1v) is 8.47. The van der Waals surface area contributed by atoms with Gasteiger partial charge in [-0.3, -0.25) is 0 Å². The molecule has 0 radical (unpaired) electrons. The SMILES string of the molecule is COCc1sc([C@@H](NC(=O)OC(C)(C)C)C(C)C)nc1C(=O)OC. The van der Waals surface area contributed by atoms with E-state index in [9.17, 15) is 9.59 Å². The number of alkyl carbamates (subject to hydrolysis) is 1. The van der Waals surface area contributed by atoms with Gasteiger partial charge in [-0.15, -0.1) is 11.3 Å². The van der Waals surface area contributed by atoms with Crippen LogP contribution in [0.2, 0.25) is 0 Å². The van der Waals surface area contributed by atoms with Crippen molar-refractivity contribution in [1.82, 2.24) is 10.3 Å². The minimum atomic E-state index is -0.590. The van der Waals surface area contributed by atoms with Crippen LogP contribution in [0.5, 0.6) is 0 Å². The summed E-state index contributed by atoms with van der Waals surface area (Å²) in [5.41, 5.74) is -0.372. The summed E-state index contributed by atoms with van der Waals surface area (Å²) in [5, 5.41) is 3.44. The first-order chi connectivity index (χ1) is 11.1. The number of amides is 1. The number of ether oxygens (including phenoxy) is 3. The van der Waals surface area contributed by atoms with Crippen molar-refractivity contribution in [3.8, 4) is 0 Å². The van der Waals surface area contributed by atoms with Gasteiger partial charge in [0.2, 0.25) is 0 Å². The molecule has 0 aliphatic heterocycles. The molecular weight excluding hydrogens is 332 g/mol. The molecule has 136 valence electrons. The van der Waals surface area contributed by atoms with Gasteiger partial charge >= 0.3 is 12.1 Å². The normalized spacial score (nSPS) is 12.8. The van der Waals surface area contributed by atoms with Crippen molar-refractivity contribution < 1.29 is 23.8 Å². The molecule has 0 unspecified atom stereocenters. The van der Waals surface area contributed by atoms with Crippen molar-refractivity contribution in [2.75, 3.05) is 14.2 Å². The second-order valence-corrected chi connectivity index (χ2v) is 7.73. The van der Waals surface area contributed by atoms with E-state index in [4.69, 9.17) is 14.2 Å². The Morgan fingerprint density at radius 3 is 2.33 bits per heavy atom. The Hall–Kier alpha value is -1.67. The summed E-state index contributed by atoms with van der Waals surface area (Å²) in [6.07, 6.45) is -0.524. The average molecular weight is 358 g/mol. The Morgan fingerprint density at radius 2 is 1.88 bits per heavy atom. The van der Waals surface area contributed by atoms with Gasteiger partial charge in [0.1, 0.15) is 10.6 Å². The predicted molar refractivity (Wildman–Crippen MR) is 91.1 cm³/mol. The number of thiazole rings is 1. The zero-order chi connectivity index (χ0) is 18.5. The predicted octanol–water partition coefficient (Wildman–Crippen LogP) is 3.30. The number of hydrogen-bond acceptors (Lipinski definition) is 7. The highest BCUT2D eigenvalue weighted by Crippen LogP contribution is 2.30. The second-order valence-electron chi connectivity index (χ2n) is 6.62. The molecule has 0 saturated heterocycles. The zero-order valence-corrected chi connectivity index (χ0v) is 16.1. The molecule has 0 fully saturated rings. The van der Waals surface area contributed by atoms with E-state index >= 15 is 0 Å². The lowest BCUT2D eigenvalue weighted by Crippen LogP contribution is -2.36.